The molecule has 0 aliphatic rings. The average Bonchev–Trinajstić information content (AvgIpc) is 3.19. The van der Waals surface area contributed by atoms with Crippen LogP contribution in [0.2, 0.25) is 0 Å². The molecular formula is C18H12F3N3O4S. The van der Waals surface area contributed by atoms with Crippen LogP contribution >= 0.6 is 11.3 Å². The molecule has 2 heterocycles. The molecule has 0 aliphatic heterocycles. The summed E-state index contributed by atoms with van der Waals surface area (Å²) in [6.45, 7) is -1.67. The highest BCUT2D eigenvalue weighted by atomic mass is 32.1. The van der Waals surface area contributed by atoms with Crippen molar-refractivity contribution in [3.05, 3.63) is 53.0 Å². The largest absolute Gasteiger partial charge is 0.484 e. The van der Waals surface area contributed by atoms with Gasteiger partial charge in [-0.2, -0.15) is 13.2 Å². The van der Waals surface area contributed by atoms with Crippen molar-refractivity contribution in [1.29, 1.82) is 0 Å². The molecule has 0 aliphatic carbocycles. The molecule has 0 saturated heterocycles. The van der Waals surface area contributed by atoms with Gasteiger partial charge in [0, 0.05) is 0 Å². The number of rotatable bonds is 5. The number of ether oxygens (including phenoxy) is 1. The quantitative estimate of drug-likeness (QED) is 0.528. The molecule has 4 aromatic rings. The second-order valence-electron chi connectivity index (χ2n) is 6.02. The number of carbonyl (C=O) groups is 1. The molecule has 0 bridgehead atoms. The summed E-state index contributed by atoms with van der Waals surface area (Å²) >= 11 is 1.08. The van der Waals surface area contributed by atoms with Gasteiger partial charge in [-0.05, 0) is 30.3 Å². The standard InChI is InChI=1S/C18H12F3N3O4S/c19-18(20,21)9-27-10-5-6-11-14(7-10)29-16(22-11)23-15(25)8-24-12-3-1-2-4-13(12)28-17(24)26/h1-7H,8-9H2,(H,22,23,25). The summed E-state index contributed by atoms with van der Waals surface area (Å²) in [7, 11) is 0. The molecule has 4 rings (SSSR count). The third kappa shape index (κ3) is 4.24. The molecule has 0 atom stereocenters. The van der Waals surface area contributed by atoms with Gasteiger partial charge < -0.3 is 14.5 Å². The maximum atomic E-state index is 12.3. The van der Waals surface area contributed by atoms with E-state index in [2.05, 4.69) is 10.3 Å². The highest BCUT2D eigenvalue weighted by molar-refractivity contribution is 7.22. The Morgan fingerprint density at radius 1 is 1.24 bits per heavy atom. The van der Waals surface area contributed by atoms with E-state index in [0.717, 1.165) is 11.3 Å². The lowest BCUT2D eigenvalue weighted by molar-refractivity contribution is -0.153. The van der Waals surface area contributed by atoms with Gasteiger partial charge in [0.25, 0.3) is 0 Å². The van der Waals surface area contributed by atoms with Crippen molar-refractivity contribution < 1.29 is 27.1 Å². The summed E-state index contributed by atoms with van der Waals surface area (Å²) in [6, 6.07) is 11.0. The van der Waals surface area contributed by atoms with Crippen LogP contribution in [-0.2, 0) is 11.3 Å². The van der Waals surface area contributed by atoms with Crippen LogP contribution < -0.4 is 15.8 Å². The third-order valence-electron chi connectivity index (χ3n) is 3.88. The zero-order valence-electron chi connectivity index (χ0n) is 14.5. The van der Waals surface area contributed by atoms with Crippen molar-refractivity contribution in [2.75, 3.05) is 11.9 Å². The van der Waals surface area contributed by atoms with Gasteiger partial charge in [0.05, 0.1) is 15.7 Å². The number of para-hydroxylation sites is 2. The number of alkyl halides is 3. The van der Waals surface area contributed by atoms with E-state index >= 15 is 0 Å². The summed E-state index contributed by atoms with van der Waals surface area (Å²) in [4.78, 5) is 28.5. The molecule has 0 saturated carbocycles. The molecule has 29 heavy (non-hydrogen) atoms. The Kier molecular flexibility index (Phi) is 4.74. The molecule has 0 spiro atoms. The van der Waals surface area contributed by atoms with Crippen LogP contribution in [0.3, 0.4) is 0 Å². The van der Waals surface area contributed by atoms with E-state index in [1.807, 2.05) is 0 Å². The van der Waals surface area contributed by atoms with Crippen LogP contribution in [0.15, 0.2) is 51.7 Å². The Bertz CT molecular complexity index is 1260. The minimum atomic E-state index is -4.43. The number of carbonyl (C=O) groups excluding carboxylic acids is 1. The second kappa shape index (κ2) is 7.24. The number of nitrogens with zero attached hydrogens (tertiary/aromatic N) is 2. The van der Waals surface area contributed by atoms with Crippen LogP contribution in [0.4, 0.5) is 18.3 Å². The number of thiazole rings is 1. The van der Waals surface area contributed by atoms with Crippen LogP contribution in [-0.4, -0.2) is 28.2 Å². The minimum absolute atomic E-state index is 0.0489. The average molecular weight is 423 g/mol. The fraction of sp³-hybridized carbons (Fsp3) is 0.167. The van der Waals surface area contributed by atoms with Gasteiger partial charge in [-0.15, -0.1) is 0 Å². The topological polar surface area (TPSA) is 86.4 Å². The molecule has 1 N–H and O–H groups in total. The Hall–Kier alpha value is -3.34. The molecule has 7 nitrogen and oxygen atoms in total. The van der Waals surface area contributed by atoms with Crippen molar-refractivity contribution in [3.8, 4) is 5.75 Å². The first-order valence-corrected chi connectivity index (χ1v) is 9.08. The Labute approximate surface area is 164 Å². The van der Waals surface area contributed by atoms with Crippen molar-refractivity contribution >= 4 is 43.7 Å². The SMILES string of the molecule is O=C(Cn1c(=O)oc2ccccc21)Nc1nc2ccc(OCC(F)(F)F)cc2s1. The van der Waals surface area contributed by atoms with Crippen molar-refractivity contribution in [2.24, 2.45) is 0 Å². The lowest BCUT2D eigenvalue weighted by atomic mass is 10.3. The van der Waals surface area contributed by atoms with E-state index in [4.69, 9.17) is 9.15 Å². The molecule has 11 heteroatoms. The molecule has 0 radical (unpaired) electrons. The van der Waals surface area contributed by atoms with Crippen LogP contribution in [0, 0.1) is 0 Å². The zero-order chi connectivity index (χ0) is 20.6. The number of benzene rings is 2. The van der Waals surface area contributed by atoms with E-state index in [-0.39, 0.29) is 17.4 Å². The lowest BCUT2D eigenvalue weighted by Gasteiger charge is -2.08. The Balaban J connectivity index is 1.49. The number of hydrogen-bond acceptors (Lipinski definition) is 6. The normalized spacial score (nSPS) is 11.8. The highest BCUT2D eigenvalue weighted by Crippen LogP contribution is 2.30. The molecule has 150 valence electrons. The fourth-order valence-electron chi connectivity index (χ4n) is 2.68. The van der Waals surface area contributed by atoms with Crippen molar-refractivity contribution in [1.82, 2.24) is 9.55 Å². The predicted molar refractivity (Wildman–Crippen MR) is 100 cm³/mol. The van der Waals surface area contributed by atoms with Crippen LogP contribution in [0.25, 0.3) is 21.3 Å². The molecule has 2 aromatic heterocycles. The monoisotopic (exact) mass is 423 g/mol. The van der Waals surface area contributed by atoms with Gasteiger partial charge in [-0.1, -0.05) is 23.5 Å². The minimum Gasteiger partial charge on any atom is -0.484 e. The summed E-state index contributed by atoms with van der Waals surface area (Å²) < 4.78 is 48.3. The number of fused-ring (bicyclic) bond motifs is 2. The van der Waals surface area contributed by atoms with Gasteiger partial charge in [-0.25, -0.2) is 9.78 Å². The number of amides is 1. The summed E-state index contributed by atoms with van der Waals surface area (Å²) in [5.74, 6) is -1.10. The summed E-state index contributed by atoms with van der Waals surface area (Å²) in [6.07, 6.45) is -4.43. The van der Waals surface area contributed by atoms with E-state index in [1.54, 1.807) is 24.3 Å². The zero-order valence-corrected chi connectivity index (χ0v) is 15.3. The van der Waals surface area contributed by atoms with Gasteiger partial charge in [-0.3, -0.25) is 9.36 Å². The summed E-state index contributed by atoms with van der Waals surface area (Å²) in [5, 5.41) is 2.83. The molecular weight excluding hydrogens is 411 g/mol. The number of hydrogen-bond donors (Lipinski definition) is 1. The summed E-state index contributed by atoms with van der Waals surface area (Å²) in [5.41, 5.74) is 1.36. The number of halogens is 3. The first kappa shape index (κ1) is 19.0. The number of anilines is 1. The molecule has 0 fully saturated rings. The van der Waals surface area contributed by atoms with Crippen molar-refractivity contribution in [2.45, 2.75) is 12.7 Å². The van der Waals surface area contributed by atoms with Gasteiger partial charge >= 0.3 is 11.9 Å². The molecule has 1 amide bonds. The maximum Gasteiger partial charge on any atom is 0.422 e. The first-order chi connectivity index (χ1) is 13.8. The third-order valence-corrected chi connectivity index (χ3v) is 4.82. The Morgan fingerprint density at radius 3 is 2.83 bits per heavy atom. The smallest absolute Gasteiger partial charge is 0.422 e. The second-order valence-corrected chi connectivity index (χ2v) is 7.05. The van der Waals surface area contributed by atoms with E-state index in [1.165, 1.54) is 22.8 Å². The maximum absolute atomic E-state index is 12.3. The number of oxazole rings is 1. The van der Waals surface area contributed by atoms with Crippen LogP contribution in [0.1, 0.15) is 0 Å². The molecule has 0 unspecified atom stereocenters. The van der Waals surface area contributed by atoms with Crippen molar-refractivity contribution in [3.63, 3.8) is 0 Å². The Morgan fingerprint density at radius 2 is 2.03 bits per heavy atom. The fourth-order valence-corrected chi connectivity index (χ4v) is 3.59. The number of nitrogens with one attached hydrogen (secondary N) is 1. The van der Waals surface area contributed by atoms with Crippen LogP contribution in [0.5, 0.6) is 5.75 Å². The first-order valence-electron chi connectivity index (χ1n) is 8.27. The van der Waals surface area contributed by atoms with E-state index in [9.17, 15) is 22.8 Å². The van der Waals surface area contributed by atoms with Gasteiger partial charge in [0.15, 0.2) is 17.3 Å². The van der Waals surface area contributed by atoms with Gasteiger partial charge in [0.1, 0.15) is 12.3 Å². The lowest BCUT2D eigenvalue weighted by Crippen LogP contribution is -2.24. The molecule has 2 aromatic carbocycles. The predicted octanol–water partition coefficient (Wildman–Crippen LogP) is 3.78. The number of aromatic nitrogens is 2. The highest BCUT2D eigenvalue weighted by Gasteiger charge is 2.28. The van der Waals surface area contributed by atoms with E-state index < -0.39 is 24.4 Å². The van der Waals surface area contributed by atoms with Gasteiger partial charge in [0.2, 0.25) is 5.91 Å². The van der Waals surface area contributed by atoms with E-state index in [0.29, 0.717) is 21.3 Å².